The molecule has 1 unspecified atom stereocenters. The summed E-state index contributed by atoms with van der Waals surface area (Å²) < 4.78 is 47.5. The molecule has 4 nitrogen and oxygen atoms in total. The second-order valence-corrected chi connectivity index (χ2v) is 8.70. The fourth-order valence-corrected chi connectivity index (χ4v) is 4.12. The van der Waals surface area contributed by atoms with Crippen LogP contribution in [0.5, 0.6) is 0 Å². The van der Waals surface area contributed by atoms with Gasteiger partial charge in [-0.2, -0.15) is 13.2 Å². The lowest BCUT2D eigenvalue weighted by Crippen LogP contribution is -2.58. The van der Waals surface area contributed by atoms with E-state index in [2.05, 4.69) is 5.32 Å². The minimum absolute atomic E-state index is 0.00177. The molecule has 0 saturated carbocycles. The third-order valence-corrected chi connectivity index (χ3v) is 6.04. The third-order valence-electron chi connectivity index (χ3n) is 5.81. The molecule has 3 aromatic rings. The lowest BCUT2D eigenvalue weighted by atomic mass is 9.95. The van der Waals surface area contributed by atoms with E-state index in [4.69, 9.17) is 16.3 Å². The predicted molar refractivity (Wildman–Crippen MR) is 125 cm³/mol. The van der Waals surface area contributed by atoms with Gasteiger partial charge >= 0.3 is 12.2 Å². The highest BCUT2D eigenvalue weighted by Gasteiger charge is 2.39. The first-order chi connectivity index (χ1) is 16.2. The lowest BCUT2D eigenvalue weighted by molar-refractivity contribution is -0.140. The van der Waals surface area contributed by atoms with Gasteiger partial charge in [-0.05, 0) is 35.7 Å². The zero-order valence-electron chi connectivity index (χ0n) is 18.4. The minimum Gasteiger partial charge on any atom is -0.362 e. The molecular formula is C26H24ClF3N2O2. The average Bonchev–Trinajstić information content (AvgIpc) is 2.79. The second kappa shape index (κ2) is 10.1. The van der Waals surface area contributed by atoms with Crippen LogP contribution in [0.3, 0.4) is 0 Å². The SMILES string of the molecule is C[C@H](NC(=O)N1CC(OC(c2ccccc2)c2ccc(Cl)cc2C(F)(F)F)C1)c1ccccc1. The van der Waals surface area contributed by atoms with Crippen LogP contribution >= 0.6 is 11.6 Å². The number of alkyl halides is 3. The van der Waals surface area contributed by atoms with E-state index in [1.165, 1.54) is 12.1 Å². The number of rotatable bonds is 6. The fourth-order valence-electron chi connectivity index (χ4n) is 3.95. The Labute approximate surface area is 201 Å². The summed E-state index contributed by atoms with van der Waals surface area (Å²) in [5.41, 5.74) is 0.731. The van der Waals surface area contributed by atoms with Crippen molar-refractivity contribution in [3.05, 3.63) is 106 Å². The maximum atomic E-state index is 13.8. The number of benzene rings is 3. The predicted octanol–water partition coefficient (Wildman–Crippen LogP) is 6.62. The number of ether oxygens (including phenoxy) is 1. The van der Waals surface area contributed by atoms with Gasteiger partial charge in [0.25, 0.3) is 0 Å². The number of nitrogens with one attached hydrogen (secondary N) is 1. The van der Waals surface area contributed by atoms with Gasteiger partial charge in [0.2, 0.25) is 0 Å². The molecule has 3 aromatic carbocycles. The van der Waals surface area contributed by atoms with Gasteiger partial charge in [0.15, 0.2) is 0 Å². The number of carbonyl (C=O) groups excluding carboxylic acids is 1. The number of hydrogen-bond acceptors (Lipinski definition) is 2. The zero-order valence-corrected chi connectivity index (χ0v) is 19.2. The first-order valence-electron chi connectivity index (χ1n) is 10.9. The van der Waals surface area contributed by atoms with E-state index in [1.54, 1.807) is 35.2 Å². The van der Waals surface area contributed by atoms with E-state index < -0.39 is 23.9 Å². The van der Waals surface area contributed by atoms with E-state index >= 15 is 0 Å². The van der Waals surface area contributed by atoms with E-state index in [-0.39, 0.29) is 35.7 Å². The van der Waals surface area contributed by atoms with Gasteiger partial charge in [-0.1, -0.05) is 78.3 Å². The molecule has 0 aromatic heterocycles. The van der Waals surface area contributed by atoms with Crippen LogP contribution in [0.15, 0.2) is 78.9 Å². The van der Waals surface area contributed by atoms with Crippen molar-refractivity contribution in [2.45, 2.75) is 31.3 Å². The first-order valence-corrected chi connectivity index (χ1v) is 11.3. The maximum absolute atomic E-state index is 13.8. The number of urea groups is 1. The molecule has 1 aliphatic rings. The zero-order chi connectivity index (χ0) is 24.3. The van der Waals surface area contributed by atoms with Crippen LogP contribution < -0.4 is 5.32 Å². The number of halogens is 4. The Balaban J connectivity index is 1.47. The second-order valence-electron chi connectivity index (χ2n) is 8.26. The van der Waals surface area contributed by atoms with Crippen LogP contribution in [0.4, 0.5) is 18.0 Å². The Hall–Kier alpha value is -3.03. The molecule has 1 N–H and O–H groups in total. The summed E-state index contributed by atoms with van der Waals surface area (Å²) in [5.74, 6) is 0. The fraction of sp³-hybridized carbons (Fsp3) is 0.269. The van der Waals surface area contributed by atoms with Crippen molar-refractivity contribution in [2.24, 2.45) is 0 Å². The summed E-state index contributed by atoms with van der Waals surface area (Å²) in [4.78, 5) is 14.2. The van der Waals surface area contributed by atoms with Crippen LogP contribution in [0, 0.1) is 0 Å². The first kappa shape index (κ1) is 24.1. The Bertz CT molecular complexity index is 1120. The standard InChI is InChI=1S/C26H24ClF3N2O2/c1-17(18-8-4-2-5-9-18)31-25(33)32-15-21(16-32)34-24(19-10-6-3-7-11-19)22-13-12-20(27)14-23(22)26(28,29)30/h2-14,17,21,24H,15-16H2,1H3,(H,31,33)/t17-,24?/m0/s1. The normalized spacial score (nSPS) is 16.0. The van der Waals surface area contributed by atoms with Gasteiger partial charge in [-0.15, -0.1) is 0 Å². The molecule has 0 aliphatic carbocycles. The smallest absolute Gasteiger partial charge is 0.362 e. The lowest BCUT2D eigenvalue weighted by Gasteiger charge is -2.41. The van der Waals surface area contributed by atoms with E-state index in [1.807, 2.05) is 37.3 Å². The van der Waals surface area contributed by atoms with Gasteiger partial charge < -0.3 is 15.0 Å². The van der Waals surface area contributed by atoms with Crippen LogP contribution in [0.2, 0.25) is 5.02 Å². The van der Waals surface area contributed by atoms with Crippen molar-refractivity contribution in [2.75, 3.05) is 13.1 Å². The molecule has 178 valence electrons. The Morgan fingerprint density at radius 1 is 1.00 bits per heavy atom. The third kappa shape index (κ3) is 5.54. The molecule has 8 heteroatoms. The quantitative estimate of drug-likeness (QED) is 0.423. The summed E-state index contributed by atoms with van der Waals surface area (Å²) in [5, 5.41) is 2.94. The van der Waals surface area contributed by atoms with Crippen molar-refractivity contribution < 1.29 is 22.7 Å². The largest absolute Gasteiger partial charge is 0.416 e. The Morgan fingerprint density at radius 2 is 1.59 bits per heavy atom. The Morgan fingerprint density at radius 3 is 2.18 bits per heavy atom. The molecule has 4 rings (SSSR count). The summed E-state index contributed by atoms with van der Waals surface area (Å²) in [7, 11) is 0. The molecule has 2 atom stereocenters. The minimum atomic E-state index is -4.59. The number of nitrogens with zero attached hydrogens (tertiary/aromatic N) is 1. The van der Waals surface area contributed by atoms with Crippen molar-refractivity contribution in [1.29, 1.82) is 0 Å². The number of hydrogen-bond donors (Lipinski definition) is 1. The molecular weight excluding hydrogens is 465 g/mol. The maximum Gasteiger partial charge on any atom is 0.416 e. The number of carbonyl (C=O) groups is 1. The molecule has 0 radical (unpaired) electrons. The van der Waals surface area contributed by atoms with Crippen LogP contribution in [-0.2, 0) is 10.9 Å². The molecule has 0 bridgehead atoms. The topological polar surface area (TPSA) is 41.6 Å². The van der Waals surface area contributed by atoms with Crippen LogP contribution in [-0.4, -0.2) is 30.1 Å². The molecule has 1 heterocycles. The monoisotopic (exact) mass is 488 g/mol. The molecule has 34 heavy (non-hydrogen) atoms. The van der Waals surface area contributed by atoms with E-state index in [0.29, 0.717) is 5.56 Å². The highest BCUT2D eigenvalue weighted by Crippen LogP contribution is 2.40. The van der Waals surface area contributed by atoms with Gasteiger partial charge in [0.1, 0.15) is 6.10 Å². The van der Waals surface area contributed by atoms with Crippen LogP contribution in [0.25, 0.3) is 0 Å². The van der Waals surface area contributed by atoms with E-state index in [0.717, 1.165) is 11.6 Å². The number of likely N-dealkylation sites (tertiary alicyclic amines) is 1. The van der Waals surface area contributed by atoms with Crippen molar-refractivity contribution in [1.82, 2.24) is 10.2 Å². The molecule has 1 fully saturated rings. The summed E-state index contributed by atoms with van der Waals surface area (Å²) in [6.07, 6.45) is -5.94. The molecule has 1 saturated heterocycles. The summed E-state index contributed by atoms with van der Waals surface area (Å²) >= 11 is 5.87. The highest BCUT2D eigenvalue weighted by atomic mass is 35.5. The molecule has 0 spiro atoms. The average molecular weight is 489 g/mol. The van der Waals surface area contributed by atoms with Gasteiger partial charge in [-0.25, -0.2) is 4.79 Å². The van der Waals surface area contributed by atoms with Gasteiger partial charge in [0, 0.05) is 5.02 Å². The summed E-state index contributed by atoms with van der Waals surface area (Å²) in [6.45, 7) is 2.46. The van der Waals surface area contributed by atoms with E-state index in [9.17, 15) is 18.0 Å². The van der Waals surface area contributed by atoms with Crippen molar-refractivity contribution >= 4 is 17.6 Å². The van der Waals surface area contributed by atoms with Gasteiger partial charge in [0.05, 0.1) is 30.8 Å². The van der Waals surface area contributed by atoms with Crippen molar-refractivity contribution in [3.63, 3.8) is 0 Å². The van der Waals surface area contributed by atoms with Crippen molar-refractivity contribution in [3.8, 4) is 0 Å². The van der Waals surface area contributed by atoms with Crippen LogP contribution in [0.1, 0.15) is 41.3 Å². The van der Waals surface area contributed by atoms with Gasteiger partial charge in [-0.3, -0.25) is 0 Å². The summed E-state index contributed by atoms with van der Waals surface area (Å²) in [6, 6.07) is 21.6. The Kier molecular flexibility index (Phi) is 7.14. The molecule has 1 aliphatic heterocycles. The highest BCUT2D eigenvalue weighted by molar-refractivity contribution is 6.30. The molecule has 2 amide bonds. The number of amides is 2.